The average Bonchev–Trinajstić information content (AvgIpc) is 3.09. The molecular formula is C24H24N6O6. The van der Waals surface area contributed by atoms with E-state index >= 15 is 0 Å². The molecule has 12 heteroatoms. The maximum absolute atomic E-state index is 12.7. The van der Waals surface area contributed by atoms with Crippen molar-refractivity contribution in [2.75, 3.05) is 0 Å². The Bertz CT molecular complexity index is 1740. The molecule has 0 saturated heterocycles. The number of aliphatic imine (C=N–C) groups is 1. The van der Waals surface area contributed by atoms with E-state index < -0.39 is 22.1 Å². The maximum atomic E-state index is 12.7. The number of aromatic amines is 1. The van der Waals surface area contributed by atoms with Crippen LogP contribution < -0.4 is 16.9 Å². The van der Waals surface area contributed by atoms with Gasteiger partial charge >= 0.3 is 11.4 Å². The summed E-state index contributed by atoms with van der Waals surface area (Å²) in [7, 11) is 0. The van der Waals surface area contributed by atoms with Crippen LogP contribution in [0.5, 0.6) is 5.88 Å². The summed E-state index contributed by atoms with van der Waals surface area (Å²) in [5.74, 6) is -0.665. The second-order valence-corrected chi connectivity index (χ2v) is 8.22. The van der Waals surface area contributed by atoms with Gasteiger partial charge in [-0.2, -0.15) is 0 Å². The molecule has 0 bridgehead atoms. The molecule has 2 heterocycles. The lowest BCUT2D eigenvalue weighted by atomic mass is 10.1. The SMILES string of the molecule is CCn1c(=O)n(CC)c2cc([N+](=O)[O-])c(N=Cc3c(O)n(-c4ccc(C)c(C)c4)c(=O)[nH]c3=O)cc21. The van der Waals surface area contributed by atoms with Gasteiger partial charge in [-0.3, -0.25) is 29.0 Å². The number of hydrogen-bond acceptors (Lipinski definition) is 7. The second-order valence-electron chi connectivity index (χ2n) is 8.22. The fourth-order valence-electron chi connectivity index (χ4n) is 4.09. The minimum atomic E-state index is -0.910. The highest BCUT2D eigenvalue weighted by Crippen LogP contribution is 2.32. The first kappa shape index (κ1) is 24.4. The van der Waals surface area contributed by atoms with Gasteiger partial charge in [0.25, 0.3) is 11.2 Å². The molecule has 12 nitrogen and oxygen atoms in total. The van der Waals surface area contributed by atoms with E-state index in [4.69, 9.17) is 0 Å². The molecule has 4 rings (SSSR count). The molecule has 0 spiro atoms. The molecule has 4 aromatic rings. The van der Waals surface area contributed by atoms with Crippen LogP contribution in [0.2, 0.25) is 0 Å². The number of aromatic hydroxyl groups is 1. The van der Waals surface area contributed by atoms with Crippen LogP contribution in [-0.2, 0) is 13.1 Å². The van der Waals surface area contributed by atoms with Crippen LogP contribution >= 0.6 is 0 Å². The van der Waals surface area contributed by atoms with Gasteiger partial charge in [-0.05, 0) is 57.0 Å². The van der Waals surface area contributed by atoms with Crippen molar-refractivity contribution in [3.05, 3.63) is 88.5 Å². The molecule has 2 aromatic heterocycles. The van der Waals surface area contributed by atoms with E-state index in [1.165, 1.54) is 21.3 Å². The van der Waals surface area contributed by atoms with Crippen LogP contribution in [0.3, 0.4) is 0 Å². The molecule has 2 aromatic carbocycles. The van der Waals surface area contributed by atoms with Crippen molar-refractivity contribution in [1.82, 2.24) is 18.7 Å². The molecule has 186 valence electrons. The molecule has 0 aliphatic carbocycles. The highest BCUT2D eigenvalue weighted by molar-refractivity contribution is 5.89. The van der Waals surface area contributed by atoms with E-state index in [2.05, 4.69) is 9.98 Å². The van der Waals surface area contributed by atoms with Crippen molar-refractivity contribution in [3.63, 3.8) is 0 Å². The van der Waals surface area contributed by atoms with Gasteiger partial charge in [0.15, 0.2) is 0 Å². The zero-order valence-electron chi connectivity index (χ0n) is 20.1. The first-order valence-corrected chi connectivity index (χ1v) is 11.2. The van der Waals surface area contributed by atoms with Crippen molar-refractivity contribution in [2.45, 2.75) is 40.8 Å². The summed E-state index contributed by atoms with van der Waals surface area (Å²) in [5, 5.41) is 22.6. The first-order chi connectivity index (χ1) is 17.1. The quantitative estimate of drug-likeness (QED) is 0.239. The van der Waals surface area contributed by atoms with E-state index in [9.17, 15) is 29.6 Å². The minimum Gasteiger partial charge on any atom is -0.493 e. The molecule has 0 saturated carbocycles. The van der Waals surface area contributed by atoms with Gasteiger partial charge in [-0.1, -0.05) is 6.07 Å². The van der Waals surface area contributed by atoms with Crippen LogP contribution in [0, 0.1) is 24.0 Å². The summed E-state index contributed by atoms with van der Waals surface area (Å²) in [5.41, 5.74) is 0.0734. The number of H-pyrrole nitrogens is 1. The lowest BCUT2D eigenvalue weighted by molar-refractivity contribution is -0.383. The third-order valence-corrected chi connectivity index (χ3v) is 6.15. The fraction of sp³-hybridized carbons (Fsp3) is 0.250. The fourth-order valence-corrected chi connectivity index (χ4v) is 4.09. The summed E-state index contributed by atoms with van der Waals surface area (Å²) in [6.45, 7) is 7.93. The number of aromatic nitrogens is 4. The van der Waals surface area contributed by atoms with Crippen molar-refractivity contribution in [3.8, 4) is 11.6 Å². The molecular weight excluding hydrogens is 468 g/mol. The number of hydrogen-bond donors (Lipinski definition) is 2. The Morgan fingerprint density at radius 2 is 1.67 bits per heavy atom. The van der Waals surface area contributed by atoms with E-state index in [1.54, 1.807) is 32.0 Å². The van der Waals surface area contributed by atoms with Gasteiger partial charge in [-0.25, -0.2) is 19.1 Å². The van der Waals surface area contributed by atoms with Crippen LogP contribution in [0.25, 0.3) is 16.7 Å². The van der Waals surface area contributed by atoms with Crippen molar-refractivity contribution in [2.24, 2.45) is 4.99 Å². The summed E-state index contributed by atoms with van der Waals surface area (Å²) in [6, 6.07) is 7.72. The predicted octanol–water partition coefficient (Wildman–Crippen LogP) is 2.66. The normalized spacial score (nSPS) is 11.6. The molecule has 0 aliphatic heterocycles. The van der Waals surface area contributed by atoms with E-state index in [-0.39, 0.29) is 22.6 Å². The molecule has 0 aliphatic rings. The van der Waals surface area contributed by atoms with E-state index in [1.807, 2.05) is 13.8 Å². The standard InChI is InChI=1S/C24H24N6O6/c1-5-27-19-10-17(18(30(35)36)11-20(19)28(6-2)24(27)34)25-12-16-21(31)26-23(33)29(22(16)32)15-8-7-13(3)14(4)9-15/h7-12,32H,5-6H2,1-4H3,(H,26,31,33). The van der Waals surface area contributed by atoms with E-state index in [0.29, 0.717) is 29.8 Å². The largest absolute Gasteiger partial charge is 0.493 e. The van der Waals surface area contributed by atoms with Gasteiger partial charge in [0, 0.05) is 25.4 Å². The zero-order valence-corrected chi connectivity index (χ0v) is 20.1. The van der Waals surface area contributed by atoms with Crippen molar-refractivity contribution >= 4 is 28.6 Å². The summed E-state index contributed by atoms with van der Waals surface area (Å²) < 4.78 is 3.81. The number of nitro groups is 1. The molecule has 36 heavy (non-hydrogen) atoms. The Morgan fingerprint density at radius 1 is 1.03 bits per heavy atom. The Balaban J connectivity index is 1.93. The highest BCUT2D eigenvalue weighted by atomic mass is 16.6. The van der Waals surface area contributed by atoms with Crippen LogP contribution in [0.4, 0.5) is 11.4 Å². The molecule has 2 N–H and O–H groups in total. The lowest BCUT2D eigenvalue weighted by Gasteiger charge is -2.11. The summed E-state index contributed by atoms with van der Waals surface area (Å²) in [4.78, 5) is 55.1. The van der Waals surface area contributed by atoms with E-state index in [0.717, 1.165) is 21.9 Å². The van der Waals surface area contributed by atoms with Crippen LogP contribution in [-0.4, -0.2) is 34.9 Å². The number of rotatable bonds is 6. The third-order valence-electron chi connectivity index (χ3n) is 6.15. The van der Waals surface area contributed by atoms with Crippen LogP contribution in [0.1, 0.15) is 30.5 Å². The molecule has 0 amide bonds. The highest BCUT2D eigenvalue weighted by Gasteiger charge is 2.21. The van der Waals surface area contributed by atoms with Crippen molar-refractivity contribution < 1.29 is 10.0 Å². The van der Waals surface area contributed by atoms with Gasteiger partial charge in [0.05, 0.1) is 21.6 Å². The molecule has 0 fully saturated rings. The number of fused-ring (bicyclic) bond motifs is 1. The summed E-state index contributed by atoms with van der Waals surface area (Å²) in [6.07, 6.45) is 0.963. The number of nitrogens with zero attached hydrogens (tertiary/aromatic N) is 5. The Morgan fingerprint density at radius 3 is 2.25 bits per heavy atom. The third kappa shape index (κ3) is 3.91. The number of nitro benzene ring substituents is 1. The molecule has 0 radical (unpaired) electrons. The monoisotopic (exact) mass is 492 g/mol. The molecule has 0 atom stereocenters. The van der Waals surface area contributed by atoms with Gasteiger partial charge in [0.1, 0.15) is 11.3 Å². The van der Waals surface area contributed by atoms with Crippen molar-refractivity contribution in [1.29, 1.82) is 0 Å². The Kier molecular flexibility index (Phi) is 6.19. The second kappa shape index (κ2) is 9.13. The Hall–Kier alpha value is -4.74. The minimum absolute atomic E-state index is 0.120. The van der Waals surface area contributed by atoms with Gasteiger partial charge in [0.2, 0.25) is 5.88 Å². The molecule has 0 unspecified atom stereocenters. The van der Waals surface area contributed by atoms with Gasteiger partial charge < -0.3 is 5.11 Å². The zero-order chi connectivity index (χ0) is 26.3. The lowest BCUT2D eigenvalue weighted by Crippen LogP contribution is -2.31. The predicted molar refractivity (Wildman–Crippen MR) is 135 cm³/mol. The number of benzene rings is 2. The number of nitrogens with one attached hydrogen (secondary N) is 1. The van der Waals surface area contributed by atoms with Crippen LogP contribution in [0.15, 0.2) is 49.7 Å². The first-order valence-electron chi connectivity index (χ1n) is 11.2. The maximum Gasteiger partial charge on any atom is 0.335 e. The Labute approximate surface area is 203 Å². The van der Waals surface area contributed by atoms with Gasteiger partial charge in [-0.15, -0.1) is 0 Å². The summed E-state index contributed by atoms with van der Waals surface area (Å²) >= 11 is 0. The average molecular weight is 492 g/mol. The smallest absolute Gasteiger partial charge is 0.335 e. The number of imidazole rings is 1. The number of aryl methyl sites for hydroxylation is 4. The topological polar surface area (TPSA) is 158 Å².